The van der Waals surface area contributed by atoms with Gasteiger partial charge in [0.15, 0.2) is 0 Å². The van der Waals surface area contributed by atoms with Gasteiger partial charge < -0.3 is 14.6 Å². The van der Waals surface area contributed by atoms with Crippen LogP contribution in [0.1, 0.15) is 6.42 Å². The van der Waals surface area contributed by atoms with Crippen molar-refractivity contribution in [3.05, 3.63) is 24.3 Å². The van der Waals surface area contributed by atoms with Gasteiger partial charge in [0.1, 0.15) is 18.1 Å². The first-order valence-electron chi connectivity index (χ1n) is 6.38. The minimum absolute atomic E-state index is 0.274. The van der Waals surface area contributed by atoms with E-state index in [0.717, 1.165) is 31.1 Å². The van der Waals surface area contributed by atoms with Crippen molar-refractivity contribution < 1.29 is 19.4 Å². The maximum Gasteiger partial charge on any atom is 0.303 e. The fraction of sp³-hybridized carbons (Fsp3) is 0.500. The maximum absolute atomic E-state index is 10.5. The van der Waals surface area contributed by atoms with E-state index in [1.54, 1.807) is 7.11 Å². The van der Waals surface area contributed by atoms with Crippen LogP contribution < -0.4 is 9.47 Å². The van der Waals surface area contributed by atoms with Gasteiger partial charge in [-0.05, 0) is 30.2 Å². The molecular weight excluding hydrogens is 246 g/mol. The molecule has 19 heavy (non-hydrogen) atoms. The summed E-state index contributed by atoms with van der Waals surface area (Å²) < 4.78 is 10.7. The van der Waals surface area contributed by atoms with E-state index in [2.05, 4.69) is 4.90 Å². The molecule has 5 nitrogen and oxygen atoms in total. The number of carboxylic acids is 1. The zero-order chi connectivity index (χ0) is 13.7. The minimum atomic E-state index is -0.709. The molecule has 0 saturated carbocycles. The Balaban J connectivity index is 1.61. The molecule has 1 aromatic rings. The highest BCUT2D eigenvalue weighted by Crippen LogP contribution is 2.19. The Morgan fingerprint density at radius 2 is 1.95 bits per heavy atom. The molecule has 104 valence electrons. The molecule has 0 radical (unpaired) electrons. The second-order valence-electron chi connectivity index (χ2n) is 4.75. The third-order valence-electron chi connectivity index (χ3n) is 3.23. The normalized spacial score (nSPS) is 15.8. The first-order chi connectivity index (χ1) is 9.17. The van der Waals surface area contributed by atoms with Gasteiger partial charge in [0.2, 0.25) is 0 Å². The van der Waals surface area contributed by atoms with Gasteiger partial charge in [0, 0.05) is 19.6 Å². The lowest BCUT2D eigenvalue weighted by Crippen LogP contribution is -2.48. The van der Waals surface area contributed by atoms with E-state index in [4.69, 9.17) is 14.6 Å². The van der Waals surface area contributed by atoms with E-state index in [-0.39, 0.29) is 6.42 Å². The molecule has 1 N–H and O–H groups in total. The number of ether oxygens (including phenoxy) is 2. The van der Waals surface area contributed by atoms with E-state index >= 15 is 0 Å². The molecule has 2 rings (SSSR count). The summed E-state index contributed by atoms with van der Waals surface area (Å²) in [5.41, 5.74) is 0. The topological polar surface area (TPSA) is 59.0 Å². The number of likely N-dealkylation sites (tertiary alicyclic amines) is 1. The van der Waals surface area contributed by atoms with Crippen molar-refractivity contribution in [3.8, 4) is 11.5 Å². The highest BCUT2D eigenvalue weighted by molar-refractivity contribution is 5.67. The number of benzene rings is 1. The molecule has 0 atom stereocenters. The summed E-state index contributed by atoms with van der Waals surface area (Å²) in [6.45, 7) is 3.17. The van der Waals surface area contributed by atoms with E-state index in [1.165, 1.54) is 0 Å². The molecule has 5 heteroatoms. The van der Waals surface area contributed by atoms with Gasteiger partial charge in [-0.15, -0.1) is 0 Å². The summed E-state index contributed by atoms with van der Waals surface area (Å²) in [7, 11) is 1.63. The summed E-state index contributed by atoms with van der Waals surface area (Å²) >= 11 is 0. The van der Waals surface area contributed by atoms with Crippen LogP contribution in [0.3, 0.4) is 0 Å². The van der Waals surface area contributed by atoms with Crippen molar-refractivity contribution in [2.45, 2.75) is 6.42 Å². The van der Waals surface area contributed by atoms with Gasteiger partial charge in [-0.2, -0.15) is 0 Å². The summed E-state index contributed by atoms with van der Waals surface area (Å²) in [5.74, 6) is 1.23. The van der Waals surface area contributed by atoms with E-state index in [1.807, 2.05) is 24.3 Å². The highest BCUT2D eigenvalue weighted by atomic mass is 16.5. The third kappa shape index (κ3) is 4.13. The largest absolute Gasteiger partial charge is 0.497 e. The molecule has 0 amide bonds. The Kier molecular flexibility index (Phi) is 4.63. The molecule has 1 fully saturated rings. The van der Waals surface area contributed by atoms with E-state index in [9.17, 15) is 4.79 Å². The second kappa shape index (κ2) is 6.43. The van der Waals surface area contributed by atoms with Gasteiger partial charge in [-0.1, -0.05) is 0 Å². The zero-order valence-corrected chi connectivity index (χ0v) is 11.0. The lowest BCUT2D eigenvalue weighted by Gasteiger charge is -2.38. The average molecular weight is 265 g/mol. The zero-order valence-electron chi connectivity index (χ0n) is 11.0. The monoisotopic (exact) mass is 265 g/mol. The molecular formula is C14H19NO4. The van der Waals surface area contributed by atoms with Crippen LogP contribution in [0, 0.1) is 5.92 Å². The van der Waals surface area contributed by atoms with Crippen molar-refractivity contribution >= 4 is 5.97 Å². The quantitative estimate of drug-likeness (QED) is 0.809. The summed E-state index contributed by atoms with van der Waals surface area (Å²) in [4.78, 5) is 12.7. The Bertz CT molecular complexity index is 412. The lowest BCUT2D eigenvalue weighted by atomic mass is 9.97. The SMILES string of the molecule is COc1ccc(OCCN2CC(CC(=O)O)C2)cc1. The lowest BCUT2D eigenvalue weighted by molar-refractivity contribution is -0.139. The fourth-order valence-corrected chi connectivity index (χ4v) is 2.20. The standard InChI is InChI=1S/C14H19NO4/c1-18-12-2-4-13(5-3-12)19-7-6-15-9-11(10-15)8-14(16)17/h2-5,11H,6-10H2,1H3,(H,16,17). The van der Waals surface area contributed by atoms with Crippen LogP contribution >= 0.6 is 0 Å². The highest BCUT2D eigenvalue weighted by Gasteiger charge is 2.27. The van der Waals surface area contributed by atoms with Gasteiger partial charge in [0.05, 0.1) is 13.5 Å². The second-order valence-corrected chi connectivity index (χ2v) is 4.75. The van der Waals surface area contributed by atoms with Crippen LogP contribution in [-0.2, 0) is 4.79 Å². The Hall–Kier alpha value is -1.75. The fourth-order valence-electron chi connectivity index (χ4n) is 2.20. The number of nitrogens with zero attached hydrogens (tertiary/aromatic N) is 1. The Morgan fingerprint density at radius 3 is 2.53 bits per heavy atom. The van der Waals surface area contributed by atoms with Crippen molar-refractivity contribution in [1.82, 2.24) is 4.90 Å². The van der Waals surface area contributed by atoms with Crippen LogP contribution in [0.2, 0.25) is 0 Å². The average Bonchev–Trinajstić information content (AvgIpc) is 2.36. The van der Waals surface area contributed by atoms with Crippen LogP contribution in [0.5, 0.6) is 11.5 Å². The van der Waals surface area contributed by atoms with Crippen LogP contribution in [-0.4, -0.2) is 49.3 Å². The van der Waals surface area contributed by atoms with Gasteiger partial charge in [-0.25, -0.2) is 0 Å². The summed E-state index contributed by atoms with van der Waals surface area (Å²) in [6, 6.07) is 7.48. The van der Waals surface area contributed by atoms with E-state index in [0.29, 0.717) is 12.5 Å². The first-order valence-corrected chi connectivity index (χ1v) is 6.38. The molecule has 0 unspecified atom stereocenters. The van der Waals surface area contributed by atoms with E-state index < -0.39 is 5.97 Å². The number of carbonyl (C=O) groups is 1. The molecule has 0 bridgehead atoms. The number of rotatable bonds is 7. The van der Waals surface area contributed by atoms with Crippen LogP contribution in [0.4, 0.5) is 0 Å². The number of aliphatic carboxylic acids is 1. The molecule has 1 aliphatic rings. The Labute approximate surface area is 112 Å². The molecule has 1 saturated heterocycles. The van der Waals surface area contributed by atoms with Crippen molar-refractivity contribution in [1.29, 1.82) is 0 Å². The molecule has 0 spiro atoms. The minimum Gasteiger partial charge on any atom is -0.497 e. The maximum atomic E-state index is 10.5. The van der Waals surface area contributed by atoms with Gasteiger partial charge in [0.25, 0.3) is 0 Å². The third-order valence-corrected chi connectivity index (χ3v) is 3.23. The van der Waals surface area contributed by atoms with Crippen molar-refractivity contribution in [3.63, 3.8) is 0 Å². The summed E-state index contributed by atoms with van der Waals surface area (Å²) in [6.07, 6.45) is 0.274. The number of methoxy groups -OCH3 is 1. The predicted molar refractivity (Wildman–Crippen MR) is 70.7 cm³/mol. The van der Waals surface area contributed by atoms with Gasteiger partial charge in [-0.3, -0.25) is 9.69 Å². The van der Waals surface area contributed by atoms with Crippen LogP contribution in [0.25, 0.3) is 0 Å². The number of carboxylic acid groups (broad SMARTS) is 1. The summed E-state index contributed by atoms with van der Waals surface area (Å²) in [5, 5.41) is 8.65. The van der Waals surface area contributed by atoms with Gasteiger partial charge >= 0.3 is 5.97 Å². The number of hydrogen-bond acceptors (Lipinski definition) is 4. The predicted octanol–water partition coefficient (Wildman–Crippen LogP) is 1.48. The van der Waals surface area contributed by atoms with Crippen molar-refractivity contribution in [2.75, 3.05) is 33.4 Å². The molecule has 1 aromatic carbocycles. The molecule has 0 aliphatic carbocycles. The molecule has 1 heterocycles. The Morgan fingerprint density at radius 1 is 1.32 bits per heavy atom. The molecule has 1 aliphatic heterocycles. The first kappa shape index (κ1) is 13.7. The smallest absolute Gasteiger partial charge is 0.303 e. The van der Waals surface area contributed by atoms with Crippen LogP contribution in [0.15, 0.2) is 24.3 Å². The number of hydrogen-bond donors (Lipinski definition) is 1. The molecule has 0 aromatic heterocycles. The van der Waals surface area contributed by atoms with Crippen molar-refractivity contribution in [2.24, 2.45) is 5.92 Å².